The van der Waals surface area contributed by atoms with Crippen molar-refractivity contribution < 1.29 is 27.2 Å². The first kappa shape index (κ1) is 28.5. The molecule has 1 amide bonds. The Morgan fingerprint density at radius 1 is 1.13 bits per heavy atom. The highest BCUT2D eigenvalue weighted by Crippen LogP contribution is 2.44. The predicted molar refractivity (Wildman–Crippen MR) is 144 cm³/mol. The number of ether oxygens (including phenoxy) is 2. The second kappa shape index (κ2) is 11.3. The lowest BCUT2D eigenvalue weighted by molar-refractivity contribution is -0.122. The van der Waals surface area contributed by atoms with E-state index in [1.54, 1.807) is 39.3 Å². The predicted octanol–water partition coefficient (Wildman–Crippen LogP) is 4.09. The number of pyridine rings is 1. The number of methoxy groups -OCH3 is 2. The van der Waals surface area contributed by atoms with Crippen LogP contribution in [0.1, 0.15) is 67.4 Å². The van der Waals surface area contributed by atoms with Crippen molar-refractivity contribution in [2.75, 3.05) is 14.2 Å². The van der Waals surface area contributed by atoms with Gasteiger partial charge in [-0.15, -0.1) is 0 Å². The lowest BCUT2D eigenvalue weighted by Crippen LogP contribution is -2.48. The minimum Gasteiger partial charge on any atom is -0.497 e. The molecule has 0 aliphatic heterocycles. The third-order valence-corrected chi connectivity index (χ3v) is 9.32. The number of carbonyl (C=O) groups is 1. The van der Waals surface area contributed by atoms with Crippen LogP contribution in [-0.4, -0.2) is 49.7 Å². The third kappa shape index (κ3) is 6.58. The fourth-order valence-electron chi connectivity index (χ4n) is 5.54. The van der Waals surface area contributed by atoms with Crippen LogP contribution in [0.4, 0.5) is 0 Å². The maximum Gasteiger partial charge on any atom is 0.236 e. The summed E-state index contributed by atoms with van der Waals surface area (Å²) < 4.78 is 42.0. The van der Waals surface area contributed by atoms with Crippen molar-refractivity contribution in [2.45, 2.75) is 76.0 Å². The zero-order valence-corrected chi connectivity index (χ0v) is 24.1. The molecule has 10 nitrogen and oxygen atoms in total. The minimum absolute atomic E-state index is 0.0148. The Kier molecular flexibility index (Phi) is 8.29. The van der Waals surface area contributed by atoms with Crippen molar-refractivity contribution in [2.24, 2.45) is 5.41 Å². The number of rotatable bonds is 9. The summed E-state index contributed by atoms with van der Waals surface area (Å²) in [5, 5.41) is 6.95. The van der Waals surface area contributed by atoms with Gasteiger partial charge in [0.15, 0.2) is 15.7 Å². The smallest absolute Gasteiger partial charge is 0.236 e. The Hall–Kier alpha value is -3.47. The van der Waals surface area contributed by atoms with E-state index in [4.69, 9.17) is 14.0 Å². The number of aryl methyl sites for hydroxylation is 2. The summed E-state index contributed by atoms with van der Waals surface area (Å²) in [5.41, 5.74) is 2.20. The number of carbonyl (C=O) groups excluding carboxylic acids is 1. The van der Waals surface area contributed by atoms with Crippen molar-refractivity contribution in [3.63, 3.8) is 0 Å². The van der Waals surface area contributed by atoms with Crippen molar-refractivity contribution >= 4 is 15.7 Å². The van der Waals surface area contributed by atoms with Crippen LogP contribution in [0.2, 0.25) is 0 Å². The molecule has 39 heavy (non-hydrogen) atoms. The van der Waals surface area contributed by atoms with Gasteiger partial charge in [-0.25, -0.2) is 13.4 Å². The first-order chi connectivity index (χ1) is 18.4. The number of hydrogen-bond donors (Lipinski definition) is 1. The van der Waals surface area contributed by atoms with Crippen LogP contribution in [0.25, 0.3) is 0 Å². The highest BCUT2D eigenvalue weighted by molar-refractivity contribution is 7.90. The molecule has 0 saturated heterocycles. The molecular weight excluding hydrogens is 520 g/mol. The van der Waals surface area contributed by atoms with Crippen molar-refractivity contribution in [3.8, 4) is 11.6 Å². The summed E-state index contributed by atoms with van der Waals surface area (Å²) >= 11 is 0. The van der Waals surface area contributed by atoms with E-state index in [0.717, 1.165) is 19.3 Å². The second-order valence-corrected chi connectivity index (χ2v) is 12.8. The maximum atomic E-state index is 13.1. The molecule has 0 spiro atoms. The van der Waals surface area contributed by atoms with Crippen LogP contribution in [0.3, 0.4) is 0 Å². The quantitative estimate of drug-likeness (QED) is 0.413. The summed E-state index contributed by atoms with van der Waals surface area (Å²) in [6.45, 7) is 7.75. The average molecular weight is 557 g/mol. The van der Waals surface area contributed by atoms with Gasteiger partial charge in [-0.2, -0.15) is 4.98 Å². The van der Waals surface area contributed by atoms with Crippen molar-refractivity contribution in [3.05, 3.63) is 58.9 Å². The molecule has 1 fully saturated rings. The van der Waals surface area contributed by atoms with Gasteiger partial charge in [-0.3, -0.25) is 4.79 Å². The highest BCUT2D eigenvalue weighted by atomic mass is 32.2. The molecule has 2 unspecified atom stereocenters. The lowest BCUT2D eigenvalue weighted by atomic mass is 9.67. The van der Waals surface area contributed by atoms with Gasteiger partial charge in [0.25, 0.3) is 0 Å². The number of amides is 1. The molecule has 0 radical (unpaired) electrons. The zero-order chi connectivity index (χ0) is 28.4. The number of nitrogens with zero attached hydrogens (tertiary/aromatic N) is 3. The third-order valence-electron chi connectivity index (χ3n) is 7.42. The van der Waals surface area contributed by atoms with Gasteiger partial charge < -0.3 is 19.3 Å². The fourth-order valence-corrected chi connectivity index (χ4v) is 7.25. The number of aromatic nitrogens is 3. The normalized spacial score (nSPS) is 18.9. The van der Waals surface area contributed by atoms with Gasteiger partial charge in [0.05, 0.1) is 19.1 Å². The molecule has 0 bridgehead atoms. The molecule has 2 heterocycles. The van der Waals surface area contributed by atoms with E-state index in [-0.39, 0.29) is 40.4 Å². The zero-order valence-electron chi connectivity index (χ0n) is 23.3. The van der Waals surface area contributed by atoms with Crippen LogP contribution in [0, 0.1) is 19.3 Å². The van der Waals surface area contributed by atoms with Gasteiger partial charge in [0, 0.05) is 18.3 Å². The molecule has 1 N–H and O–H groups in total. The van der Waals surface area contributed by atoms with E-state index in [2.05, 4.69) is 34.3 Å². The van der Waals surface area contributed by atoms with Crippen LogP contribution in [0.15, 0.2) is 39.9 Å². The Bertz CT molecular complexity index is 1430. The molecule has 2 aromatic heterocycles. The van der Waals surface area contributed by atoms with Gasteiger partial charge in [0.2, 0.25) is 17.7 Å². The van der Waals surface area contributed by atoms with Crippen LogP contribution < -0.4 is 14.8 Å². The van der Waals surface area contributed by atoms with E-state index in [9.17, 15) is 13.2 Å². The molecule has 1 aliphatic rings. The first-order valence-electron chi connectivity index (χ1n) is 12.9. The summed E-state index contributed by atoms with van der Waals surface area (Å²) in [6.07, 6.45) is 4.29. The van der Waals surface area contributed by atoms with E-state index in [1.807, 2.05) is 12.1 Å². The largest absolute Gasteiger partial charge is 0.497 e. The topological polar surface area (TPSA) is 134 Å². The van der Waals surface area contributed by atoms with Crippen LogP contribution in [-0.2, 0) is 26.8 Å². The summed E-state index contributed by atoms with van der Waals surface area (Å²) in [6, 6.07) is 7.33. The first-order valence-corrected chi connectivity index (χ1v) is 14.6. The number of sulfone groups is 1. The van der Waals surface area contributed by atoms with Crippen LogP contribution in [0.5, 0.6) is 11.6 Å². The summed E-state index contributed by atoms with van der Waals surface area (Å²) in [4.78, 5) is 21.5. The van der Waals surface area contributed by atoms with E-state index < -0.39 is 15.6 Å². The van der Waals surface area contributed by atoms with E-state index in [0.29, 0.717) is 28.7 Å². The number of hydrogen-bond acceptors (Lipinski definition) is 9. The Morgan fingerprint density at radius 2 is 1.85 bits per heavy atom. The van der Waals surface area contributed by atoms with E-state index >= 15 is 0 Å². The van der Waals surface area contributed by atoms with E-state index in [1.165, 1.54) is 12.7 Å². The SMILES string of the molecule is COc1cc(C)c(S(=O)(=O)Cc2noc(CC(=O)NC3CCC(c4ccnc(OC)c4)CC3(C)C)n2)c(C)c1. The summed E-state index contributed by atoms with van der Waals surface area (Å²) in [5.74, 6) is 0.966. The monoisotopic (exact) mass is 556 g/mol. The fraction of sp³-hybridized carbons (Fsp3) is 0.500. The Morgan fingerprint density at radius 3 is 2.49 bits per heavy atom. The minimum atomic E-state index is -3.74. The molecule has 2 atom stereocenters. The number of benzene rings is 1. The standard InChI is InChI=1S/C28H36N4O6S/c1-17-11-21(36-5)12-18(2)27(17)39(34,35)16-23-31-26(38-32-23)14-24(33)30-22-8-7-20(15-28(22,3)4)19-9-10-29-25(13-19)37-6/h9-13,20,22H,7-8,14-16H2,1-6H3,(H,30,33). The van der Waals surface area contributed by atoms with Gasteiger partial charge in [-0.1, -0.05) is 19.0 Å². The number of nitrogens with one attached hydrogen (secondary N) is 1. The van der Waals surface area contributed by atoms with Gasteiger partial charge in [0.1, 0.15) is 17.9 Å². The Labute approximate surface area is 229 Å². The lowest BCUT2D eigenvalue weighted by Gasteiger charge is -2.43. The average Bonchev–Trinajstić information content (AvgIpc) is 3.29. The summed E-state index contributed by atoms with van der Waals surface area (Å²) in [7, 11) is -0.597. The van der Waals surface area contributed by atoms with Crippen molar-refractivity contribution in [1.82, 2.24) is 20.4 Å². The molecule has 1 saturated carbocycles. The van der Waals surface area contributed by atoms with Crippen LogP contribution >= 0.6 is 0 Å². The molecule has 4 rings (SSSR count). The molecule has 1 aliphatic carbocycles. The molecule has 3 aromatic rings. The highest BCUT2D eigenvalue weighted by Gasteiger charge is 2.38. The van der Waals surface area contributed by atoms with Gasteiger partial charge in [-0.05, 0) is 79.3 Å². The maximum absolute atomic E-state index is 13.1. The molecule has 11 heteroatoms. The van der Waals surface area contributed by atoms with Crippen molar-refractivity contribution in [1.29, 1.82) is 0 Å². The molecular formula is C28H36N4O6S. The molecule has 1 aromatic carbocycles. The Balaban J connectivity index is 1.37. The second-order valence-electron chi connectivity index (χ2n) is 10.8. The van der Waals surface area contributed by atoms with Gasteiger partial charge >= 0.3 is 0 Å². The molecule has 210 valence electrons.